The quantitative estimate of drug-likeness (QED) is 0.413. The van der Waals surface area contributed by atoms with E-state index in [1.165, 1.54) is 12.0 Å². The lowest BCUT2D eigenvalue weighted by molar-refractivity contribution is -0.140. The molecular weight excluding hydrogens is 448 g/mol. The normalized spacial score (nSPS) is 15.2. The third-order valence-electron chi connectivity index (χ3n) is 6.37. The third-order valence-corrected chi connectivity index (χ3v) is 8.32. The summed E-state index contributed by atoms with van der Waals surface area (Å²) >= 11 is 3.16. The highest BCUT2D eigenvalue weighted by atomic mass is 32.1. The van der Waals surface area contributed by atoms with Gasteiger partial charge in [-0.05, 0) is 60.2 Å². The molecule has 0 saturated heterocycles. The van der Waals surface area contributed by atoms with Crippen molar-refractivity contribution >= 4 is 34.5 Å². The largest absolute Gasteiger partial charge is 0.351 e. The summed E-state index contributed by atoms with van der Waals surface area (Å²) in [5.41, 5.74) is 2.23. The van der Waals surface area contributed by atoms with Gasteiger partial charge < -0.3 is 10.2 Å². The molecule has 1 atom stereocenters. The van der Waals surface area contributed by atoms with Crippen molar-refractivity contribution in [3.05, 3.63) is 80.2 Å². The van der Waals surface area contributed by atoms with E-state index >= 15 is 0 Å². The van der Waals surface area contributed by atoms with Gasteiger partial charge in [0.05, 0.1) is 6.42 Å². The highest BCUT2D eigenvalue weighted by Gasteiger charge is 2.34. The molecule has 1 aromatic carbocycles. The summed E-state index contributed by atoms with van der Waals surface area (Å²) in [5, 5.41) is 7.32. The Kier molecular flexibility index (Phi) is 8.35. The van der Waals surface area contributed by atoms with Crippen LogP contribution < -0.4 is 5.32 Å². The Bertz CT molecular complexity index is 1020. The summed E-state index contributed by atoms with van der Waals surface area (Å²) in [6.45, 7) is 2.54. The van der Waals surface area contributed by atoms with Crippen molar-refractivity contribution in [2.45, 2.75) is 64.0 Å². The number of carbonyl (C=O) groups excluding carboxylic acids is 2. The van der Waals surface area contributed by atoms with Crippen LogP contribution in [0.25, 0.3) is 0 Å². The Morgan fingerprint density at radius 3 is 2.45 bits per heavy atom. The fourth-order valence-electron chi connectivity index (χ4n) is 4.55. The van der Waals surface area contributed by atoms with E-state index in [0.29, 0.717) is 19.4 Å². The van der Waals surface area contributed by atoms with E-state index in [9.17, 15) is 9.59 Å². The first-order valence-corrected chi connectivity index (χ1v) is 13.6. The first kappa shape index (κ1) is 23.7. The minimum atomic E-state index is -0.594. The van der Waals surface area contributed by atoms with Crippen LogP contribution in [0.4, 0.5) is 0 Å². The standard InChI is InChI=1S/C27H32N2O2S2/c1-20-15-18-33-26(20)25(27(31)28-22-11-6-3-7-12-22)29(16-14-21-9-4-2-5-10-21)24(30)19-23-13-8-17-32-23/h2,4-5,8-10,13,15,17-18,22,25H,3,6-7,11-12,14,16,19H2,1H3,(H,28,31)/t25-/m0/s1. The summed E-state index contributed by atoms with van der Waals surface area (Å²) in [6.07, 6.45) is 6.64. The van der Waals surface area contributed by atoms with Gasteiger partial charge >= 0.3 is 0 Å². The highest BCUT2D eigenvalue weighted by Crippen LogP contribution is 2.31. The number of nitrogens with one attached hydrogen (secondary N) is 1. The molecule has 0 radical (unpaired) electrons. The van der Waals surface area contributed by atoms with E-state index < -0.39 is 6.04 Å². The van der Waals surface area contributed by atoms with Crippen molar-refractivity contribution in [2.24, 2.45) is 0 Å². The molecule has 33 heavy (non-hydrogen) atoms. The minimum Gasteiger partial charge on any atom is -0.351 e. The minimum absolute atomic E-state index is 0.00461. The lowest BCUT2D eigenvalue weighted by Gasteiger charge is -2.33. The number of carbonyl (C=O) groups is 2. The van der Waals surface area contributed by atoms with Crippen LogP contribution in [0.5, 0.6) is 0 Å². The molecular formula is C27H32N2O2S2. The second-order valence-electron chi connectivity index (χ2n) is 8.79. The predicted octanol–water partition coefficient (Wildman–Crippen LogP) is 5.92. The van der Waals surface area contributed by atoms with E-state index in [4.69, 9.17) is 0 Å². The maximum atomic E-state index is 13.7. The molecule has 1 aliphatic rings. The molecule has 0 bridgehead atoms. The Balaban J connectivity index is 1.62. The van der Waals surface area contributed by atoms with Gasteiger partial charge in [0.2, 0.25) is 11.8 Å². The smallest absolute Gasteiger partial charge is 0.248 e. The highest BCUT2D eigenvalue weighted by molar-refractivity contribution is 7.10. The number of nitrogens with zero attached hydrogens (tertiary/aromatic N) is 1. The average molecular weight is 481 g/mol. The Labute approximate surface area is 204 Å². The molecule has 3 aromatic rings. The van der Waals surface area contributed by atoms with Crippen molar-refractivity contribution in [1.82, 2.24) is 10.2 Å². The van der Waals surface area contributed by atoms with Crippen LogP contribution in [0.1, 0.15) is 59.0 Å². The first-order valence-electron chi connectivity index (χ1n) is 11.8. The van der Waals surface area contributed by atoms with Crippen LogP contribution in [0.15, 0.2) is 59.3 Å². The molecule has 4 nitrogen and oxygen atoms in total. The van der Waals surface area contributed by atoms with E-state index in [0.717, 1.165) is 41.0 Å². The number of thiophene rings is 2. The maximum Gasteiger partial charge on any atom is 0.248 e. The average Bonchev–Trinajstić information content (AvgIpc) is 3.49. The zero-order chi connectivity index (χ0) is 23.0. The SMILES string of the molecule is Cc1ccsc1[C@@H](C(=O)NC1CCCCC1)N(CCc1ccccc1)C(=O)Cc1cccs1. The molecule has 0 aliphatic heterocycles. The van der Waals surface area contributed by atoms with Gasteiger partial charge in [-0.25, -0.2) is 0 Å². The number of rotatable bonds is 9. The van der Waals surface area contributed by atoms with Crippen molar-refractivity contribution in [3.8, 4) is 0 Å². The van der Waals surface area contributed by atoms with Crippen LogP contribution in [0, 0.1) is 6.92 Å². The van der Waals surface area contributed by atoms with Gasteiger partial charge in [-0.15, -0.1) is 22.7 Å². The summed E-state index contributed by atoms with van der Waals surface area (Å²) in [5.74, 6) is -0.0370. The fraction of sp³-hybridized carbons (Fsp3) is 0.407. The summed E-state index contributed by atoms with van der Waals surface area (Å²) < 4.78 is 0. The van der Waals surface area contributed by atoms with Gasteiger partial charge in [0.15, 0.2) is 0 Å². The van der Waals surface area contributed by atoms with E-state index in [2.05, 4.69) is 17.4 Å². The number of hydrogen-bond acceptors (Lipinski definition) is 4. The van der Waals surface area contributed by atoms with E-state index in [1.54, 1.807) is 22.7 Å². The topological polar surface area (TPSA) is 49.4 Å². The summed E-state index contributed by atoms with van der Waals surface area (Å²) in [4.78, 5) is 31.2. The second-order valence-corrected chi connectivity index (χ2v) is 10.8. The van der Waals surface area contributed by atoms with E-state index in [1.807, 2.05) is 59.0 Å². The zero-order valence-corrected chi connectivity index (χ0v) is 20.8. The molecule has 0 unspecified atom stereocenters. The number of benzene rings is 1. The number of amides is 2. The van der Waals surface area contributed by atoms with Crippen LogP contribution in [0.3, 0.4) is 0 Å². The molecule has 2 aromatic heterocycles. The lowest BCUT2D eigenvalue weighted by atomic mass is 9.95. The monoisotopic (exact) mass is 480 g/mol. The Morgan fingerprint density at radius 1 is 1.00 bits per heavy atom. The van der Waals surface area contributed by atoms with E-state index in [-0.39, 0.29) is 17.9 Å². The molecule has 0 spiro atoms. The molecule has 1 N–H and O–H groups in total. The summed E-state index contributed by atoms with van der Waals surface area (Å²) in [7, 11) is 0. The van der Waals surface area contributed by atoms with Crippen molar-refractivity contribution in [1.29, 1.82) is 0 Å². The Morgan fingerprint density at radius 2 is 1.79 bits per heavy atom. The molecule has 6 heteroatoms. The maximum absolute atomic E-state index is 13.7. The molecule has 174 valence electrons. The van der Waals surface area contributed by atoms with Crippen LogP contribution >= 0.6 is 22.7 Å². The first-order chi connectivity index (χ1) is 16.1. The fourth-order valence-corrected chi connectivity index (χ4v) is 6.28. The van der Waals surface area contributed by atoms with Gasteiger partial charge in [-0.1, -0.05) is 55.7 Å². The molecule has 1 fully saturated rings. The van der Waals surface area contributed by atoms with Crippen molar-refractivity contribution < 1.29 is 9.59 Å². The summed E-state index contributed by atoms with van der Waals surface area (Å²) in [6, 6.07) is 15.8. The Hall–Kier alpha value is -2.44. The molecule has 1 saturated carbocycles. The van der Waals surface area contributed by atoms with Crippen molar-refractivity contribution in [2.75, 3.05) is 6.54 Å². The third kappa shape index (κ3) is 6.33. The zero-order valence-electron chi connectivity index (χ0n) is 19.2. The molecule has 2 amide bonds. The lowest BCUT2D eigenvalue weighted by Crippen LogP contribution is -2.48. The van der Waals surface area contributed by atoms with Crippen LogP contribution in [-0.4, -0.2) is 29.3 Å². The second kappa shape index (κ2) is 11.6. The van der Waals surface area contributed by atoms with Crippen molar-refractivity contribution in [3.63, 3.8) is 0 Å². The van der Waals surface area contributed by atoms with Gasteiger partial charge in [-0.2, -0.15) is 0 Å². The number of hydrogen-bond donors (Lipinski definition) is 1. The van der Waals surface area contributed by atoms with Crippen LogP contribution in [0.2, 0.25) is 0 Å². The van der Waals surface area contributed by atoms with Gasteiger partial charge in [0.1, 0.15) is 6.04 Å². The molecule has 1 aliphatic carbocycles. The molecule has 4 rings (SSSR count). The van der Waals surface area contributed by atoms with Crippen LogP contribution in [-0.2, 0) is 22.4 Å². The number of aryl methyl sites for hydroxylation is 1. The van der Waals surface area contributed by atoms with Gasteiger partial charge in [0.25, 0.3) is 0 Å². The van der Waals surface area contributed by atoms with Gasteiger partial charge in [0, 0.05) is 22.3 Å². The molecule has 2 heterocycles. The van der Waals surface area contributed by atoms with Gasteiger partial charge in [-0.3, -0.25) is 9.59 Å². The predicted molar refractivity (Wildman–Crippen MR) is 137 cm³/mol.